The molecule has 3 aromatic rings. The topological polar surface area (TPSA) is 95.5 Å². The predicted molar refractivity (Wildman–Crippen MR) is 134 cm³/mol. The molecule has 8 nitrogen and oxygen atoms in total. The standard InChI is InChI=1S/C24H31N5O3S2/c1-2-28(17-19-9-4-3-5-10-19)15-8-14-25-24(30)20-11-7-16-29(18-20)34(31,32)22-13-6-12-21-23(22)27-33-26-21/h3-6,9-10,12-13,20H,2,7-8,11,14-18H2,1H3,(H,25,30)/t20-/m1/s1. The number of hydrogen-bond acceptors (Lipinski definition) is 7. The number of benzene rings is 2. The molecular formula is C24H31N5O3S2. The third-order valence-electron chi connectivity index (χ3n) is 6.27. The molecule has 0 bridgehead atoms. The van der Waals surface area contributed by atoms with E-state index in [1.54, 1.807) is 18.2 Å². The van der Waals surface area contributed by atoms with Crippen molar-refractivity contribution < 1.29 is 13.2 Å². The lowest BCUT2D eigenvalue weighted by atomic mass is 9.99. The van der Waals surface area contributed by atoms with Crippen LogP contribution in [0.25, 0.3) is 11.0 Å². The highest BCUT2D eigenvalue weighted by molar-refractivity contribution is 7.89. The summed E-state index contributed by atoms with van der Waals surface area (Å²) in [7, 11) is -3.74. The molecule has 1 saturated heterocycles. The van der Waals surface area contributed by atoms with Gasteiger partial charge in [0.15, 0.2) is 0 Å². The Morgan fingerprint density at radius 1 is 1.18 bits per heavy atom. The van der Waals surface area contributed by atoms with Crippen molar-refractivity contribution in [2.24, 2.45) is 5.92 Å². The molecule has 182 valence electrons. The third kappa shape index (κ3) is 5.80. The Bertz CT molecular complexity index is 1200. The van der Waals surface area contributed by atoms with Gasteiger partial charge in [0.1, 0.15) is 15.9 Å². The largest absolute Gasteiger partial charge is 0.356 e. The van der Waals surface area contributed by atoms with E-state index in [1.165, 1.54) is 9.87 Å². The Morgan fingerprint density at radius 2 is 2.00 bits per heavy atom. The SMILES string of the molecule is CCN(CCCNC(=O)[C@@H]1CCCN(S(=O)(=O)c2cccc3nsnc23)C1)Cc1ccccc1. The van der Waals surface area contributed by atoms with Gasteiger partial charge in [0, 0.05) is 32.7 Å². The minimum absolute atomic E-state index is 0.0699. The van der Waals surface area contributed by atoms with Crippen LogP contribution in [0.5, 0.6) is 0 Å². The summed E-state index contributed by atoms with van der Waals surface area (Å²) in [5.74, 6) is -0.414. The van der Waals surface area contributed by atoms with Crippen LogP contribution in [-0.4, -0.2) is 65.0 Å². The summed E-state index contributed by atoms with van der Waals surface area (Å²) >= 11 is 1.000. The van der Waals surface area contributed by atoms with Gasteiger partial charge in [-0.2, -0.15) is 13.1 Å². The second-order valence-corrected chi connectivity index (χ2v) is 11.0. The van der Waals surface area contributed by atoms with Gasteiger partial charge in [0.2, 0.25) is 15.9 Å². The van der Waals surface area contributed by atoms with Crippen molar-refractivity contribution in [1.82, 2.24) is 23.3 Å². The first-order chi connectivity index (χ1) is 16.5. The van der Waals surface area contributed by atoms with Crippen LogP contribution in [0.15, 0.2) is 53.4 Å². The smallest absolute Gasteiger partial charge is 0.245 e. The van der Waals surface area contributed by atoms with E-state index in [0.29, 0.717) is 37.0 Å². The van der Waals surface area contributed by atoms with Crippen molar-refractivity contribution in [3.05, 3.63) is 54.1 Å². The van der Waals surface area contributed by atoms with Gasteiger partial charge in [-0.25, -0.2) is 8.42 Å². The van der Waals surface area contributed by atoms with Crippen molar-refractivity contribution in [3.8, 4) is 0 Å². The Kier molecular flexibility index (Phi) is 8.25. The van der Waals surface area contributed by atoms with Crippen LogP contribution in [-0.2, 0) is 21.4 Å². The normalized spacial score (nSPS) is 17.3. The summed E-state index contributed by atoms with van der Waals surface area (Å²) in [6.45, 7) is 6.05. The summed E-state index contributed by atoms with van der Waals surface area (Å²) in [4.78, 5) is 15.3. The molecule has 4 rings (SSSR count). The van der Waals surface area contributed by atoms with Gasteiger partial charge in [-0.1, -0.05) is 43.3 Å². The molecule has 1 N–H and O–H groups in total. The van der Waals surface area contributed by atoms with Gasteiger partial charge in [-0.3, -0.25) is 9.69 Å². The van der Waals surface area contributed by atoms with E-state index in [-0.39, 0.29) is 23.3 Å². The molecule has 1 amide bonds. The lowest BCUT2D eigenvalue weighted by Crippen LogP contribution is -2.45. The first kappa shape index (κ1) is 24.7. The monoisotopic (exact) mass is 501 g/mol. The van der Waals surface area contributed by atoms with E-state index in [0.717, 1.165) is 37.8 Å². The van der Waals surface area contributed by atoms with E-state index in [4.69, 9.17) is 0 Å². The summed E-state index contributed by atoms with van der Waals surface area (Å²) in [5, 5.41) is 3.03. The number of nitrogens with one attached hydrogen (secondary N) is 1. The summed E-state index contributed by atoms with van der Waals surface area (Å²) in [6.07, 6.45) is 2.19. The average molecular weight is 502 g/mol. The fraction of sp³-hybridized carbons (Fsp3) is 0.458. The predicted octanol–water partition coefficient (Wildman–Crippen LogP) is 3.12. The fourth-order valence-corrected chi connectivity index (χ4v) is 6.63. The van der Waals surface area contributed by atoms with E-state index in [1.807, 2.05) is 18.2 Å². The first-order valence-corrected chi connectivity index (χ1v) is 13.9. The Morgan fingerprint density at radius 3 is 2.79 bits per heavy atom. The van der Waals surface area contributed by atoms with Crippen LogP contribution < -0.4 is 5.32 Å². The Hall–Kier alpha value is -2.40. The van der Waals surface area contributed by atoms with Gasteiger partial charge in [-0.05, 0) is 43.5 Å². The van der Waals surface area contributed by atoms with Crippen molar-refractivity contribution >= 4 is 38.7 Å². The van der Waals surface area contributed by atoms with Gasteiger partial charge in [0.05, 0.1) is 17.6 Å². The number of fused-ring (bicyclic) bond motifs is 1. The molecule has 0 saturated carbocycles. The molecule has 2 heterocycles. The number of sulfonamides is 1. The van der Waals surface area contributed by atoms with Crippen molar-refractivity contribution in [3.63, 3.8) is 0 Å². The van der Waals surface area contributed by atoms with E-state index in [9.17, 15) is 13.2 Å². The number of hydrogen-bond donors (Lipinski definition) is 1. The average Bonchev–Trinajstić information content (AvgIpc) is 3.35. The van der Waals surface area contributed by atoms with Gasteiger partial charge >= 0.3 is 0 Å². The molecule has 0 spiro atoms. The molecule has 34 heavy (non-hydrogen) atoms. The van der Waals surface area contributed by atoms with Crippen molar-refractivity contribution in [1.29, 1.82) is 0 Å². The fourth-order valence-electron chi connectivity index (χ4n) is 4.35. The molecule has 1 fully saturated rings. The molecule has 2 aromatic carbocycles. The zero-order valence-electron chi connectivity index (χ0n) is 19.4. The van der Waals surface area contributed by atoms with Crippen LogP contribution in [0.4, 0.5) is 0 Å². The highest BCUT2D eigenvalue weighted by Crippen LogP contribution is 2.28. The molecule has 1 aliphatic rings. The number of amides is 1. The van der Waals surface area contributed by atoms with Gasteiger partial charge in [-0.15, -0.1) is 0 Å². The maximum Gasteiger partial charge on any atom is 0.245 e. The molecule has 1 aromatic heterocycles. The van der Waals surface area contributed by atoms with Crippen molar-refractivity contribution in [2.45, 2.75) is 37.6 Å². The lowest BCUT2D eigenvalue weighted by Gasteiger charge is -2.31. The van der Waals surface area contributed by atoms with Crippen LogP contribution in [0, 0.1) is 5.92 Å². The highest BCUT2D eigenvalue weighted by Gasteiger charge is 2.34. The third-order valence-corrected chi connectivity index (χ3v) is 8.71. The molecule has 1 aliphatic heterocycles. The Labute approximate surface area is 205 Å². The number of nitrogens with zero attached hydrogens (tertiary/aromatic N) is 4. The minimum atomic E-state index is -3.74. The van der Waals surface area contributed by atoms with Crippen LogP contribution in [0.1, 0.15) is 31.7 Å². The summed E-state index contributed by atoms with van der Waals surface area (Å²) in [6, 6.07) is 15.4. The van der Waals surface area contributed by atoms with Gasteiger partial charge in [0.25, 0.3) is 0 Å². The number of rotatable bonds is 10. The molecule has 0 radical (unpaired) electrons. The maximum atomic E-state index is 13.3. The second-order valence-electron chi connectivity index (χ2n) is 8.59. The molecule has 0 unspecified atom stereocenters. The summed E-state index contributed by atoms with van der Waals surface area (Å²) < 4.78 is 36.4. The molecule has 1 atom stereocenters. The highest BCUT2D eigenvalue weighted by atomic mass is 32.2. The molecular weight excluding hydrogens is 470 g/mol. The van der Waals surface area contributed by atoms with Crippen molar-refractivity contribution in [2.75, 3.05) is 32.7 Å². The number of piperidine rings is 1. The van der Waals surface area contributed by atoms with Gasteiger partial charge < -0.3 is 5.32 Å². The second kappa shape index (κ2) is 11.4. The minimum Gasteiger partial charge on any atom is -0.356 e. The zero-order chi connectivity index (χ0) is 24.0. The number of carbonyl (C=O) groups excluding carboxylic acids is 1. The first-order valence-electron chi connectivity index (χ1n) is 11.7. The number of carbonyl (C=O) groups is 1. The zero-order valence-corrected chi connectivity index (χ0v) is 21.0. The van der Waals surface area contributed by atoms with Crippen LogP contribution in [0.3, 0.4) is 0 Å². The van der Waals surface area contributed by atoms with E-state index < -0.39 is 10.0 Å². The molecule has 0 aliphatic carbocycles. The van der Waals surface area contributed by atoms with E-state index in [2.05, 4.69) is 38.0 Å². The number of aromatic nitrogens is 2. The Balaban J connectivity index is 1.29. The maximum absolute atomic E-state index is 13.3. The van der Waals surface area contributed by atoms with Crippen LogP contribution >= 0.6 is 11.7 Å². The molecule has 10 heteroatoms. The summed E-state index contributed by atoms with van der Waals surface area (Å²) in [5.41, 5.74) is 2.25. The van der Waals surface area contributed by atoms with Crippen LogP contribution in [0.2, 0.25) is 0 Å². The van der Waals surface area contributed by atoms with E-state index >= 15 is 0 Å². The lowest BCUT2D eigenvalue weighted by molar-refractivity contribution is -0.126. The quantitative estimate of drug-likeness (QED) is 0.429.